The van der Waals surface area contributed by atoms with E-state index in [9.17, 15) is 0 Å². The van der Waals surface area contributed by atoms with Crippen LogP contribution in [0.1, 0.15) is 62.3 Å². The third-order valence-corrected chi connectivity index (χ3v) is 0.795. The second kappa shape index (κ2) is 20.4. The van der Waals surface area contributed by atoms with Gasteiger partial charge in [-0.3, -0.25) is 0 Å². The number of hydrogen-bond acceptors (Lipinski definition) is 5. The highest BCUT2D eigenvalue weighted by atomic mass is 35.5. The molecule has 7 heteroatoms. The fourth-order valence-corrected chi connectivity index (χ4v) is 0.250. The van der Waals surface area contributed by atoms with E-state index in [-0.39, 0.29) is 17.8 Å². The average molecular weight is 383 g/mol. The lowest BCUT2D eigenvalue weighted by molar-refractivity contribution is -0.393. The standard InChI is InChI=1S/C8H18O2.C4H10O.C2H5ClO.CH3Cl.CH4O/c1-7(2,3)9-10-8(4,5)6;1-4(2,3)5;3-1-2-4;2*1-2/h1-6H3;5H,1-3H3;4H,1-2H2;1H3;2H,1H3. The molecule has 3 N–H and O–H groups in total. The summed E-state index contributed by atoms with van der Waals surface area (Å²) < 4.78 is 0. The zero-order valence-corrected chi connectivity index (χ0v) is 18.3. The number of aliphatic hydroxyl groups excluding tert-OH is 2. The molecular weight excluding hydrogens is 343 g/mol. The van der Waals surface area contributed by atoms with Crippen LogP contribution in [0.15, 0.2) is 0 Å². The van der Waals surface area contributed by atoms with Crippen molar-refractivity contribution in [2.75, 3.05) is 26.0 Å². The molecule has 0 saturated heterocycles. The molecule has 0 unspecified atom stereocenters. The summed E-state index contributed by atoms with van der Waals surface area (Å²) in [5.74, 6) is 0.347. The second-order valence-electron chi connectivity index (χ2n) is 6.97. The maximum absolute atomic E-state index is 8.52. The van der Waals surface area contributed by atoms with Gasteiger partial charge in [-0.25, -0.2) is 9.78 Å². The Morgan fingerprint density at radius 1 is 0.739 bits per heavy atom. The second-order valence-corrected chi connectivity index (χ2v) is 7.35. The molecule has 0 heterocycles. The minimum absolute atomic E-state index is 0.0849. The van der Waals surface area contributed by atoms with E-state index >= 15 is 0 Å². The van der Waals surface area contributed by atoms with Crippen molar-refractivity contribution < 1.29 is 25.1 Å². The van der Waals surface area contributed by atoms with Crippen molar-refractivity contribution in [2.45, 2.75) is 79.1 Å². The lowest BCUT2D eigenvalue weighted by atomic mass is 10.2. The SMILES string of the molecule is CC(C)(C)O.CC(C)(C)OOC(C)(C)C.CCl.CO.OCCCl. The Balaban J connectivity index is -0.0000000701. The molecule has 0 atom stereocenters. The van der Waals surface area contributed by atoms with Gasteiger partial charge in [-0.1, -0.05) is 0 Å². The maximum Gasteiger partial charge on any atom is 0.0952 e. The fraction of sp³-hybridized carbons (Fsp3) is 1.00. The van der Waals surface area contributed by atoms with Crippen molar-refractivity contribution in [2.24, 2.45) is 0 Å². The van der Waals surface area contributed by atoms with Gasteiger partial charge in [-0.15, -0.1) is 23.2 Å². The minimum atomic E-state index is -0.500. The molecule has 23 heavy (non-hydrogen) atoms. The number of hydrogen-bond donors (Lipinski definition) is 3. The molecular formula is C16H40Cl2O5. The summed E-state index contributed by atoms with van der Waals surface area (Å²) in [6, 6.07) is 0. The van der Waals surface area contributed by atoms with E-state index in [0.29, 0.717) is 5.88 Å². The van der Waals surface area contributed by atoms with Crippen LogP contribution in [0.25, 0.3) is 0 Å². The molecule has 0 aromatic carbocycles. The minimum Gasteiger partial charge on any atom is -0.400 e. The van der Waals surface area contributed by atoms with Crippen LogP contribution in [0.3, 0.4) is 0 Å². The first-order chi connectivity index (χ1) is 10.1. The summed E-state index contributed by atoms with van der Waals surface area (Å²) in [5, 5.41) is 23.3. The van der Waals surface area contributed by atoms with Crippen molar-refractivity contribution in [3.05, 3.63) is 0 Å². The molecule has 0 bridgehead atoms. The van der Waals surface area contributed by atoms with Gasteiger partial charge < -0.3 is 15.3 Å². The summed E-state index contributed by atoms with van der Waals surface area (Å²) >= 11 is 9.57. The Labute approximate surface area is 153 Å². The highest BCUT2D eigenvalue weighted by Crippen LogP contribution is 2.14. The van der Waals surface area contributed by atoms with Crippen molar-refractivity contribution in [1.29, 1.82) is 0 Å². The summed E-state index contributed by atoms with van der Waals surface area (Å²) in [6.45, 7) is 17.1. The molecule has 0 aromatic rings. The third kappa shape index (κ3) is 132. The highest BCUT2D eigenvalue weighted by molar-refractivity contribution is 6.17. The molecule has 0 rings (SSSR count). The Morgan fingerprint density at radius 3 is 0.913 bits per heavy atom. The van der Waals surface area contributed by atoms with Gasteiger partial charge in [-0.05, 0) is 62.3 Å². The zero-order chi connectivity index (χ0) is 20.3. The van der Waals surface area contributed by atoms with Gasteiger partial charge in [0.1, 0.15) is 0 Å². The molecule has 0 amide bonds. The molecule has 0 aliphatic carbocycles. The van der Waals surface area contributed by atoms with E-state index in [1.54, 1.807) is 20.8 Å². The average Bonchev–Trinajstić information content (AvgIpc) is 2.38. The van der Waals surface area contributed by atoms with E-state index in [1.807, 2.05) is 41.5 Å². The van der Waals surface area contributed by atoms with Gasteiger partial charge in [0.05, 0.1) is 23.4 Å². The largest absolute Gasteiger partial charge is 0.400 e. The van der Waals surface area contributed by atoms with Crippen LogP contribution in [0, 0.1) is 0 Å². The van der Waals surface area contributed by atoms with E-state index in [4.69, 9.17) is 36.7 Å². The molecule has 0 aromatic heterocycles. The lowest BCUT2D eigenvalue weighted by Crippen LogP contribution is -2.27. The number of alkyl halides is 2. The van der Waals surface area contributed by atoms with Crippen molar-refractivity contribution >= 4 is 23.2 Å². The molecule has 0 fully saturated rings. The normalized spacial score (nSPS) is 10.4. The van der Waals surface area contributed by atoms with Crippen LogP contribution in [0.5, 0.6) is 0 Å². The lowest BCUT2D eigenvalue weighted by Gasteiger charge is -2.24. The summed E-state index contributed by atoms with van der Waals surface area (Å²) in [5.41, 5.74) is -0.930. The van der Waals surface area contributed by atoms with Crippen LogP contribution in [-0.4, -0.2) is 58.1 Å². The van der Waals surface area contributed by atoms with Crippen LogP contribution in [-0.2, 0) is 9.78 Å². The number of rotatable bonds is 2. The molecule has 0 saturated carbocycles. The molecule has 0 radical (unpaired) electrons. The van der Waals surface area contributed by atoms with E-state index in [0.717, 1.165) is 7.11 Å². The third-order valence-electron chi connectivity index (χ3n) is 0.626. The number of halogens is 2. The van der Waals surface area contributed by atoms with Gasteiger partial charge >= 0.3 is 0 Å². The Kier molecular flexibility index (Phi) is 30.8. The summed E-state index contributed by atoms with van der Waals surface area (Å²) in [4.78, 5) is 10.2. The number of aliphatic hydroxyl groups is 3. The fourth-order valence-electron chi connectivity index (χ4n) is 0.250. The van der Waals surface area contributed by atoms with Crippen LogP contribution < -0.4 is 0 Å². The van der Waals surface area contributed by atoms with Crippen LogP contribution >= 0.6 is 23.2 Å². The summed E-state index contributed by atoms with van der Waals surface area (Å²) in [7, 11) is 1.00. The molecule has 5 nitrogen and oxygen atoms in total. The molecule has 0 aliphatic heterocycles. The van der Waals surface area contributed by atoms with Crippen molar-refractivity contribution in [3.63, 3.8) is 0 Å². The zero-order valence-electron chi connectivity index (χ0n) is 16.8. The van der Waals surface area contributed by atoms with Crippen molar-refractivity contribution in [1.82, 2.24) is 0 Å². The van der Waals surface area contributed by atoms with E-state index in [2.05, 4.69) is 11.6 Å². The van der Waals surface area contributed by atoms with Crippen LogP contribution in [0.2, 0.25) is 0 Å². The van der Waals surface area contributed by atoms with Gasteiger partial charge in [0.2, 0.25) is 0 Å². The molecule has 148 valence electrons. The summed E-state index contributed by atoms with van der Waals surface area (Å²) in [6.07, 6.45) is 1.47. The van der Waals surface area contributed by atoms with Gasteiger partial charge in [0, 0.05) is 19.4 Å². The first-order valence-corrected chi connectivity index (χ1v) is 8.50. The first-order valence-electron chi connectivity index (χ1n) is 7.21. The quantitative estimate of drug-likeness (QED) is 0.382. The smallest absolute Gasteiger partial charge is 0.0952 e. The molecule has 0 spiro atoms. The topological polar surface area (TPSA) is 79.2 Å². The van der Waals surface area contributed by atoms with Gasteiger partial charge in [0.25, 0.3) is 0 Å². The van der Waals surface area contributed by atoms with Crippen LogP contribution in [0.4, 0.5) is 0 Å². The monoisotopic (exact) mass is 382 g/mol. The van der Waals surface area contributed by atoms with Crippen molar-refractivity contribution in [3.8, 4) is 0 Å². The van der Waals surface area contributed by atoms with Gasteiger partial charge in [-0.2, -0.15) is 0 Å². The van der Waals surface area contributed by atoms with E-state index in [1.165, 1.54) is 6.38 Å². The highest BCUT2D eigenvalue weighted by Gasteiger charge is 2.18. The predicted octanol–water partition coefficient (Wildman–Crippen LogP) is 3.99. The maximum atomic E-state index is 8.52. The Bertz CT molecular complexity index is 172. The van der Waals surface area contributed by atoms with E-state index < -0.39 is 5.60 Å². The first kappa shape index (κ1) is 34.7. The molecule has 0 aliphatic rings. The van der Waals surface area contributed by atoms with Gasteiger partial charge in [0.15, 0.2) is 0 Å². The Hall–Kier alpha value is 0.380. The predicted molar refractivity (Wildman–Crippen MR) is 101 cm³/mol. The Morgan fingerprint density at radius 2 is 0.870 bits per heavy atom.